The molecule has 3 aromatic carbocycles. The number of nitrogens with one attached hydrogen (secondary N) is 1. The molecule has 2 N–H and O–H groups in total. The maximum absolute atomic E-state index is 13.4. The Morgan fingerprint density at radius 1 is 0.770 bits per heavy atom. The quantitative estimate of drug-likeness (QED) is 0.0439. The van der Waals surface area contributed by atoms with Crippen LogP contribution < -0.4 is 10.1 Å². The smallest absolute Gasteiger partial charge is 0.408 e. The summed E-state index contributed by atoms with van der Waals surface area (Å²) in [6.45, 7) is 22.3. The minimum Gasteiger partial charge on any atom is -0.507 e. The minimum atomic E-state index is -1.38. The van der Waals surface area contributed by atoms with Crippen LogP contribution in [0.5, 0.6) is 11.5 Å². The van der Waals surface area contributed by atoms with Crippen LogP contribution in [0.3, 0.4) is 0 Å². The van der Waals surface area contributed by atoms with Crippen LogP contribution in [0, 0.1) is 40.5 Å². The summed E-state index contributed by atoms with van der Waals surface area (Å²) in [5.74, 6) is 0.268. The van der Waals surface area contributed by atoms with Gasteiger partial charge in [-0.1, -0.05) is 87.7 Å². The number of hydrogen-bond donors (Lipinski definition) is 2. The predicted octanol–water partition coefficient (Wildman–Crippen LogP) is 9.04. The van der Waals surface area contributed by atoms with Crippen LogP contribution in [0.1, 0.15) is 74.3 Å². The molecule has 0 bridgehead atoms. The molecule has 1 aromatic heterocycles. The van der Waals surface area contributed by atoms with E-state index in [0.717, 1.165) is 76.8 Å². The zero-order valence-corrected chi connectivity index (χ0v) is 36.8. The Morgan fingerprint density at radius 3 is 1.93 bits per heavy atom. The van der Waals surface area contributed by atoms with Crippen LogP contribution in [0.25, 0.3) is 34.2 Å². The number of carbonyl (C=O) groups is 3. The highest BCUT2D eigenvalue weighted by Crippen LogP contribution is 2.35. The average Bonchev–Trinajstić information content (AvgIpc) is 3.21. The topological polar surface area (TPSA) is 168 Å². The second-order valence-electron chi connectivity index (χ2n) is 15.7. The van der Waals surface area contributed by atoms with Crippen molar-refractivity contribution in [3.63, 3.8) is 0 Å². The number of amides is 1. The molecule has 61 heavy (non-hydrogen) atoms. The van der Waals surface area contributed by atoms with Gasteiger partial charge < -0.3 is 34.1 Å². The standard InChI is InChI=1S/C48H60N4O9/c1-11-15-16-35(12-2)25-57-26-37(61-47(56)52-48(10,28-59-41(54)13-3)29-60-42(55)14-4)27-58-36-18-20-39(40(53)24-36)45-49-44(38-19-17-30(5)21-32(38)7)50-46(51-45)43-33(8)22-31(6)23-34(43)9/h13-14,17-24,35,37,53H,3-4,11-12,15-16,25-29H2,1-2,5-10H3,(H,52,56). The van der Waals surface area contributed by atoms with E-state index in [-0.39, 0.29) is 43.8 Å². The van der Waals surface area contributed by atoms with E-state index in [1.807, 2.05) is 46.8 Å². The zero-order valence-electron chi connectivity index (χ0n) is 36.8. The number of carbonyl (C=O) groups excluding carboxylic acids is 3. The summed E-state index contributed by atoms with van der Waals surface area (Å²) in [5, 5.41) is 14.1. The Kier molecular flexibility index (Phi) is 17.6. The lowest BCUT2D eigenvalue weighted by molar-refractivity contribution is -0.144. The molecule has 0 aliphatic heterocycles. The fourth-order valence-electron chi connectivity index (χ4n) is 6.81. The van der Waals surface area contributed by atoms with E-state index >= 15 is 0 Å². The minimum absolute atomic E-state index is 0.000402. The van der Waals surface area contributed by atoms with E-state index in [2.05, 4.69) is 50.5 Å². The van der Waals surface area contributed by atoms with Crippen LogP contribution in [0.2, 0.25) is 0 Å². The SMILES string of the molecule is C=CC(=O)OCC(C)(COC(=O)C=C)NC(=O)OC(COCC(CC)CCCC)COc1ccc(-c2nc(-c3ccc(C)cc3C)nc(-c3c(C)cc(C)cc3C)n2)c(O)c1. The second kappa shape index (κ2) is 22.5. The number of esters is 2. The highest BCUT2D eigenvalue weighted by atomic mass is 16.6. The number of unbranched alkanes of at least 4 members (excludes halogenated alkanes) is 1. The maximum Gasteiger partial charge on any atom is 0.408 e. The van der Waals surface area contributed by atoms with Crippen molar-refractivity contribution >= 4 is 18.0 Å². The number of aromatic nitrogens is 3. The van der Waals surface area contributed by atoms with Crippen LogP contribution >= 0.6 is 0 Å². The van der Waals surface area contributed by atoms with E-state index in [9.17, 15) is 19.5 Å². The number of aromatic hydroxyl groups is 1. The number of rotatable bonds is 22. The fourth-order valence-corrected chi connectivity index (χ4v) is 6.81. The Balaban J connectivity index is 1.61. The molecule has 1 amide bonds. The molecule has 2 atom stereocenters. The Hall–Kier alpha value is -6.08. The molecule has 0 saturated heterocycles. The number of alkyl carbamates (subject to hydrolysis) is 1. The molecule has 326 valence electrons. The van der Waals surface area contributed by atoms with Crippen LogP contribution in [0.15, 0.2) is 73.8 Å². The molecule has 4 rings (SSSR count). The van der Waals surface area contributed by atoms with Crippen molar-refractivity contribution in [3.8, 4) is 45.7 Å². The zero-order chi connectivity index (χ0) is 44.7. The van der Waals surface area contributed by atoms with Gasteiger partial charge in [-0.3, -0.25) is 0 Å². The van der Waals surface area contributed by atoms with Crippen molar-refractivity contribution in [2.24, 2.45) is 5.92 Å². The Bertz CT molecular complexity index is 2140. The van der Waals surface area contributed by atoms with Gasteiger partial charge >= 0.3 is 18.0 Å². The molecular weight excluding hydrogens is 777 g/mol. The van der Waals surface area contributed by atoms with Gasteiger partial charge in [-0.15, -0.1) is 0 Å². The molecular formula is C48H60N4O9. The van der Waals surface area contributed by atoms with E-state index < -0.39 is 29.7 Å². The van der Waals surface area contributed by atoms with Gasteiger partial charge in [-0.05, 0) is 82.7 Å². The Morgan fingerprint density at radius 2 is 1.36 bits per heavy atom. The van der Waals surface area contributed by atoms with Gasteiger partial charge in [0, 0.05) is 36.0 Å². The molecule has 0 aliphatic rings. The first-order valence-electron chi connectivity index (χ1n) is 20.6. The molecule has 1 heterocycles. The van der Waals surface area contributed by atoms with Crippen LogP contribution in [-0.4, -0.2) is 82.8 Å². The third kappa shape index (κ3) is 14.0. The molecule has 2 unspecified atom stereocenters. The molecule has 0 saturated carbocycles. The first-order valence-corrected chi connectivity index (χ1v) is 20.6. The summed E-state index contributed by atoms with van der Waals surface area (Å²) in [5.41, 5.74) is 6.02. The lowest BCUT2D eigenvalue weighted by Gasteiger charge is -2.30. The molecule has 13 nitrogen and oxygen atoms in total. The predicted molar refractivity (Wildman–Crippen MR) is 235 cm³/mol. The van der Waals surface area contributed by atoms with E-state index in [4.69, 9.17) is 38.6 Å². The van der Waals surface area contributed by atoms with Gasteiger partial charge in [-0.2, -0.15) is 0 Å². The monoisotopic (exact) mass is 836 g/mol. The second-order valence-corrected chi connectivity index (χ2v) is 15.7. The van der Waals surface area contributed by atoms with E-state index in [0.29, 0.717) is 29.7 Å². The van der Waals surface area contributed by atoms with E-state index in [1.54, 1.807) is 12.1 Å². The van der Waals surface area contributed by atoms with Gasteiger partial charge in [0.05, 0.1) is 12.2 Å². The normalized spacial score (nSPS) is 12.2. The lowest BCUT2D eigenvalue weighted by Crippen LogP contribution is -2.54. The van der Waals surface area contributed by atoms with Gasteiger partial charge in [-0.25, -0.2) is 29.3 Å². The lowest BCUT2D eigenvalue weighted by atomic mass is 9.99. The fraction of sp³-hybridized carbons (Fsp3) is 0.417. The highest BCUT2D eigenvalue weighted by molar-refractivity contribution is 5.82. The van der Waals surface area contributed by atoms with Gasteiger partial charge in [0.15, 0.2) is 23.6 Å². The molecule has 0 spiro atoms. The number of ether oxygens (including phenoxy) is 5. The van der Waals surface area contributed by atoms with E-state index in [1.165, 1.54) is 13.0 Å². The summed E-state index contributed by atoms with van der Waals surface area (Å²) in [6.07, 6.45) is 4.21. The maximum atomic E-state index is 13.4. The van der Waals surface area contributed by atoms with Crippen molar-refractivity contribution in [3.05, 3.63) is 102 Å². The number of nitrogens with zero attached hydrogens (tertiary/aromatic N) is 3. The molecule has 4 aromatic rings. The van der Waals surface area contributed by atoms with Crippen LogP contribution in [-0.2, 0) is 28.5 Å². The molecule has 13 heteroatoms. The van der Waals surface area contributed by atoms with Crippen molar-refractivity contribution in [2.45, 2.75) is 92.7 Å². The number of aryl methyl sites for hydroxylation is 5. The largest absolute Gasteiger partial charge is 0.507 e. The Labute approximate surface area is 359 Å². The summed E-state index contributed by atoms with van der Waals surface area (Å²) >= 11 is 0. The van der Waals surface area contributed by atoms with Crippen LogP contribution in [0.4, 0.5) is 4.79 Å². The van der Waals surface area contributed by atoms with Crippen molar-refractivity contribution < 1.29 is 43.2 Å². The molecule has 0 fully saturated rings. The van der Waals surface area contributed by atoms with Crippen molar-refractivity contribution in [2.75, 3.05) is 33.0 Å². The first-order chi connectivity index (χ1) is 29.1. The summed E-state index contributed by atoms with van der Waals surface area (Å²) in [7, 11) is 0. The summed E-state index contributed by atoms with van der Waals surface area (Å²) in [4.78, 5) is 51.8. The summed E-state index contributed by atoms with van der Waals surface area (Å²) < 4.78 is 28.3. The number of benzene rings is 3. The third-order valence-corrected chi connectivity index (χ3v) is 10.1. The number of hydrogen-bond acceptors (Lipinski definition) is 12. The van der Waals surface area contributed by atoms with Gasteiger partial charge in [0.2, 0.25) is 0 Å². The molecule has 0 radical (unpaired) electrons. The first kappa shape index (κ1) is 47.6. The van der Waals surface area contributed by atoms with Gasteiger partial charge in [0.1, 0.15) is 36.9 Å². The number of phenolic OH excluding ortho intramolecular Hbond substituents is 1. The number of phenols is 1. The van der Waals surface area contributed by atoms with Crippen molar-refractivity contribution in [1.29, 1.82) is 0 Å². The third-order valence-electron chi connectivity index (χ3n) is 10.1. The summed E-state index contributed by atoms with van der Waals surface area (Å²) in [6, 6.07) is 15.1. The highest BCUT2D eigenvalue weighted by Gasteiger charge is 2.32. The van der Waals surface area contributed by atoms with Crippen molar-refractivity contribution in [1.82, 2.24) is 20.3 Å². The van der Waals surface area contributed by atoms with Gasteiger partial charge in [0.25, 0.3) is 0 Å². The molecule has 0 aliphatic carbocycles. The average molecular weight is 837 g/mol.